The van der Waals surface area contributed by atoms with Crippen LogP contribution in [0.5, 0.6) is 0 Å². The molecule has 0 heterocycles. The molecule has 0 amide bonds. The summed E-state index contributed by atoms with van der Waals surface area (Å²) in [5.41, 5.74) is -0.0955. The molecule has 0 saturated heterocycles. The smallest absolute Gasteiger partial charge is 0.311 e. The van der Waals surface area contributed by atoms with Gasteiger partial charge < -0.3 is 9.47 Å². The lowest BCUT2D eigenvalue weighted by atomic mass is 9.69. The molecule has 0 aromatic rings. The molecule has 6 bridgehead atoms. The highest BCUT2D eigenvalue weighted by Crippen LogP contribution is 2.64. The molecule has 0 N–H and O–H groups in total. The number of ketones is 2. The van der Waals surface area contributed by atoms with Crippen LogP contribution in [0, 0.1) is 47.3 Å². The van der Waals surface area contributed by atoms with Gasteiger partial charge in [-0.15, -0.1) is 0 Å². The second kappa shape index (κ2) is 5.31. The maximum atomic E-state index is 12.9. The zero-order valence-electron chi connectivity index (χ0n) is 15.6. The van der Waals surface area contributed by atoms with Crippen molar-refractivity contribution in [3.63, 3.8) is 0 Å². The summed E-state index contributed by atoms with van der Waals surface area (Å²) in [4.78, 5) is 38.1. The number of hydrogen-bond donors (Lipinski definition) is 0. The minimum Gasteiger partial charge on any atom is -0.436 e. The van der Waals surface area contributed by atoms with Gasteiger partial charge in [-0.3, -0.25) is 14.4 Å². The maximum Gasteiger partial charge on any atom is 0.311 e. The van der Waals surface area contributed by atoms with E-state index in [1.54, 1.807) is 6.92 Å². The molecule has 27 heavy (non-hydrogen) atoms. The van der Waals surface area contributed by atoms with Gasteiger partial charge in [0.25, 0.3) is 0 Å². The summed E-state index contributed by atoms with van der Waals surface area (Å²) in [6, 6.07) is 0. The predicted octanol–water partition coefficient (Wildman–Crippen LogP) is 2.68. The minimum absolute atomic E-state index is 0.0246. The van der Waals surface area contributed by atoms with Crippen molar-refractivity contribution < 1.29 is 23.9 Å². The first-order valence-electron chi connectivity index (χ1n) is 10.6. The van der Waals surface area contributed by atoms with Gasteiger partial charge in [0.2, 0.25) is 6.29 Å². The first kappa shape index (κ1) is 16.5. The van der Waals surface area contributed by atoms with E-state index in [0.29, 0.717) is 6.42 Å². The third kappa shape index (κ3) is 2.07. The molecule has 144 valence electrons. The molecule has 0 radical (unpaired) electrons. The van der Waals surface area contributed by atoms with Crippen LogP contribution >= 0.6 is 0 Å². The topological polar surface area (TPSA) is 69.7 Å². The lowest BCUT2D eigenvalue weighted by Crippen LogP contribution is -2.39. The zero-order valence-corrected chi connectivity index (χ0v) is 15.6. The van der Waals surface area contributed by atoms with Crippen LogP contribution in [0.1, 0.15) is 45.4 Å². The van der Waals surface area contributed by atoms with Gasteiger partial charge in [0.1, 0.15) is 11.6 Å². The van der Waals surface area contributed by atoms with Crippen LogP contribution in [0.4, 0.5) is 0 Å². The summed E-state index contributed by atoms with van der Waals surface area (Å²) in [6.45, 7) is 1.81. The summed E-state index contributed by atoms with van der Waals surface area (Å²) in [6.07, 6.45) is 9.58. The van der Waals surface area contributed by atoms with Crippen LogP contribution in [0.2, 0.25) is 0 Å². The van der Waals surface area contributed by atoms with Gasteiger partial charge in [-0.2, -0.15) is 0 Å². The molecular weight excluding hydrogens is 344 g/mol. The Balaban J connectivity index is 1.16. The van der Waals surface area contributed by atoms with Crippen molar-refractivity contribution in [2.24, 2.45) is 47.3 Å². The highest BCUT2D eigenvalue weighted by atomic mass is 16.7. The van der Waals surface area contributed by atoms with Gasteiger partial charge in [-0.25, -0.2) is 0 Å². The Morgan fingerprint density at radius 3 is 2.48 bits per heavy atom. The fourth-order valence-electron chi connectivity index (χ4n) is 7.71. The van der Waals surface area contributed by atoms with E-state index in [-0.39, 0.29) is 58.6 Å². The molecular formula is C22H26O5. The van der Waals surface area contributed by atoms with Crippen molar-refractivity contribution >= 4 is 17.5 Å². The molecule has 5 saturated carbocycles. The summed E-state index contributed by atoms with van der Waals surface area (Å²) in [5.74, 6) is -0.0213. The lowest BCUT2D eigenvalue weighted by Gasteiger charge is -2.34. The van der Waals surface area contributed by atoms with Gasteiger partial charge in [0.05, 0.1) is 11.5 Å². The summed E-state index contributed by atoms with van der Waals surface area (Å²) >= 11 is 0. The van der Waals surface area contributed by atoms with Gasteiger partial charge in [-0.05, 0) is 63.2 Å². The Bertz CT molecular complexity index is 761. The molecule has 8 atom stereocenters. The van der Waals surface area contributed by atoms with Gasteiger partial charge in [0.15, 0.2) is 0 Å². The molecule has 6 aliphatic rings. The Hall–Kier alpha value is -1.49. The molecule has 0 spiro atoms. The van der Waals surface area contributed by atoms with Crippen molar-refractivity contribution in [3.05, 3.63) is 12.2 Å². The molecule has 6 aliphatic carbocycles. The Kier molecular flexibility index (Phi) is 3.24. The van der Waals surface area contributed by atoms with Gasteiger partial charge >= 0.3 is 5.97 Å². The van der Waals surface area contributed by atoms with Crippen molar-refractivity contribution in [1.82, 2.24) is 0 Å². The summed E-state index contributed by atoms with van der Waals surface area (Å²) in [5, 5.41) is 0. The number of rotatable bonds is 4. The minimum atomic E-state index is -0.569. The first-order valence-corrected chi connectivity index (χ1v) is 10.6. The zero-order chi connectivity index (χ0) is 18.5. The average molecular weight is 370 g/mol. The fraction of sp³-hybridized carbons (Fsp3) is 0.773. The van der Waals surface area contributed by atoms with E-state index in [1.165, 1.54) is 12.8 Å². The molecule has 5 heteroatoms. The molecule has 8 unspecified atom stereocenters. The number of carbonyl (C=O) groups excluding carboxylic acids is 3. The highest BCUT2D eigenvalue weighted by Gasteiger charge is 2.69. The number of hydrogen-bond acceptors (Lipinski definition) is 5. The number of esters is 1. The lowest BCUT2D eigenvalue weighted by molar-refractivity contribution is -0.210. The number of Topliss-reactive ketones (excluding diaryl/α,β-unsaturated/α-hetero) is 2. The van der Waals surface area contributed by atoms with Crippen molar-refractivity contribution in [2.45, 2.75) is 57.3 Å². The van der Waals surface area contributed by atoms with E-state index in [0.717, 1.165) is 25.2 Å². The van der Waals surface area contributed by atoms with Gasteiger partial charge in [0, 0.05) is 23.7 Å². The largest absolute Gasteiger partial charge is 0.436 e. The SMILES string of the molecule is CC(OC(=O)C1CC2C(=O)C1C1C3C=CC(C3=O)C21)OC12CCC(CC1)C2. The average Bonchev–Trinajstić information content (AvgIpc) is 3.45. The highest BCUT2D eigenvalue weighted by molar-refractivity contribution is 6.01. The predicted molar refractivity (Wildman–Crippen MR) is 94.1 cm³/mol. The quantitative estimate of drug-likeness (QED) is 0.329. The molecule has 0 aliphatic heterocycles. The Morgan fingerprint density at radius 1 is 1.11 bits per heavy atom. The van der Waals surface area contributed by atoms with E-state index < -0.39 is 12.2 Å². The number of fused-ring (bicyclic) bond motifs is 11. The van der Waals surface area contributed by atoms with Crippen LogP contribution in [0.15, 0.2) is 12.2 Å². The second-order valence-corrected chi connectivity index (χ2v) is 9.82. The maximum absolute atomic E-state index is 12.9. The summed E-state index contributed by atoms with van der Waals surface area (Å²) in [7, 11) is 0. The molecule has 0 aromatic heterocycles. The van der Waals surface area contributed by atoms with Crippen molar-refractivity contribution in [2.75, 3.05) is 0 Å². The van der Waals surface area contributed by atoms with Crippen LogP contribution in [0.3, 0.4) is 0 Å². The van der Waals surface area contributed by atoms with Crippen LogP contribution in [0.25, 0.3) is 0 Å². The van der Waals surface area contributed by atoms with Gasteiger partial charge in [-0.1, -0.05) is 12.2 Å². The standard InChI is InChI=1S/C22H26O5/c1-10(27-22-6-4-11(9-22)5-7-22)26-21(25)15-8-14-16-12-2-3-13(19(12)23)17(16)18(15)20(14)24/h2-3,10-18H,4-9H2,1H3. The number of carbonyl (C=O) groups is 3. The normalized spacial score (nSPS) is 52.0. The molecule has 5 fully saturated rings. The van der Waals surface area contributed by atoms with E-state index in [9.17, 15) is 14.4 Å². The Morgan fingerprint density at radius 2 is 1.81 bits per heavy atom. The third-order valence-corrected chi connectivity index (χ3v) is 8.65. The first-order chi connectivity index (χ1) is 13.0. The van der Waals surface area contributed by atoms with Crippen LogP contribution in [-0.2, 0) is 23.9 Å². The van der Waals surface area contributed by atoms with Crippen LogP contribution < -0.4 is 0 Å². The summed E-state index contributed by atoms with van der Waals surface area (Å²) < 4.78 is 11.9. The van der Waals surface area contributed by atoms with E-state index in [1.807, 2.05) is 12.2 Å². The monoisotopic (exact) mass is 370 g/mol. The molecule has 6 rings (SSSR count). The fourth-order valence-corrected chi connectivity index (χ4v) is 7.71. The third-order valence-electron chi connectivity index (χ3n) is 8.65. The molecule has 5 nitrogen and oxygen atoms in total. The second-order valence-electron chi connectivity index (χ2n) is 9.82. The van der Waals surface area contributed by atoms with Crippen molar-refractivity contribution in [3.8, 4) is 0 Å². The van der Waals surface area contributed by atoms with E-state index in [4.69, 9.17) is 9.47 Å². The number of allylic oxidation sites excluding steroid dienone is 2. The van der Waals surface area contributed by atoms with Crippen LogP contribution in [-0.4, -0.2) is 29.4 Å². The van der Waals surface area contributed by atoms with E-state index >= 15 is 0 Å². The molecule has 0 aromatic carbocycles. The Labute approximate surface area is 158 Å². The van der Waals surface area contributed by atoms with Crippen molar-refractivity contribution in [1.29, 1.82) is 0 Å². The number of ether oxygens (including phenoxy) is 2. The van der Waals surface area contributed by atoms with E-state index in [2.05, 4.69) is 0 Å².